The molecule has 1 N–H and O–H groups in total. The predicted octanol–water partition coefficient (Wildman–Crippen LogP) is 2.98. The lowest BCUT2D eigenvalue weighted by Gasteiger charge is -2.09. The van der Waals surface area contributed by atoms with Gasteiger partial charge in [-0.25, -0.2) is 0 Å². The topological polar surface area (TPSA) is 42.0 Å². The fourth-order valence-electron chi connectivity index (χ4n) is 1.73. The van der Waals surface area contributed by atoms with Crippen molar-refractivity contribution >= 4 is 28.3 Å². The highest BCUT2D eigenvalue weighted by Gasteiger charge is 2.12. The first-order valence-corrected chi connectivity index (χ1v) is 6.42. The molecule has 2 rings (SSSR count). The number of rotatable bonds is 4. The highest BCUT2D eigenvalue weighted by molar-refractivity contribution is 6.21. The molecule has 0 spiro atoms. The van der Waals surface area contributed by atoms with Crippen LogP contribution in [-0.2, 0) is 0 Å². The van der Waals surface area contributed by atoms with E-state index in [9.17, 15) is 4.79 Å². The van der Waals surface area contributed by atoms with Crippen molar-refractivity contribution < 1.29 is 4.79 Å². The summed E-state index contributed by atoms with van der Waals surface area (Å²) in [5.41, 5.74) is 0.452. The van der Waals surface area contributed by atoms with Crippen LogP contribution < -0.4 is 5.32 Å². The molecule has 0 bridgehead atoms. The second-order valence-corrected chi connectivity index (χ2v) is 4.71. The molecular formula is C14H15ClN2O. The van der Waals surface area contributed by atoms with Crippen LogP contribution in [0.25, 0.3) is 10.8 Å². The smallest absolute Gasteiger partial charge is 0.270 e. The van der Waals surface area contributed by atoms with Crippen LogP contribution in [0.2, 0.25) is 0 Å². The second-order valence-electron chi connectivity index (χ2n) is 4.10. The Morgan fingerprint density at radius 3 is 2.94 bits per heavy atom. The van der Waals surface area contributed by atoms with E-state index in [1.807, 2.05) is 37.3 Å². The number of hydrogen-bond acceptors (Lipinski definition) is 2. The number of hydrogen-bond donors (Lipinski definition) is 1. The zero-order chi connectivity index (χ0) is 13.0. The van der Waals surface area contributed by atoms with Crippen molar-refractivity contribution in [1.29, 1.82) is 0 Å². The molecule has 0 aliphatic carbocycles. The molecule has 1 heterocycles. The van der Waals surface area contributed by atoms with Gasteiger partial charge in [0.05, 0.1) is 5.38 Å². The molecule has 1 atom stereocenters. The molecule has 94 valence electrons. The molecule has 4 heteroatoms. The van der Waals surface area contributed by atoms with E-state index in [-0.39, 0.29) is 11.3 Å². The van der Waals surface area contributed by atoms with Crippen molar-refractivity contribution in [2.45, 2.75) is 18.7 Å². The maximum absolute atomic E-state index is 12.0. The molecule has 1 aromatic carbocycles. The number of benzene rings is 1. The highest BCUT2D eigenvalue weighted by atomic mass is 35.5. The molecule has 1 unspecified atom stereocenters. The summed E-state index contributed by atoms with van der Waals surface area (Å²) >= 11 is 5.98. The molecule has 0 saturated carbocycles. The third kappa shape index (κ3) is 2.79. The maximum Gasteiger partial charge on any atom is 0.270 e. The molecule has 1 amide bonds. The molecule has 18 heavy (non-hydrogen) atoms. The number of fused-ring (bicyclic) bond motifs is 1. The van der Waals surface area contributed by atoms with Gasteiger partial charge in [0.25, 0.3) is 5.91 Å². The van der Waals surface area contributed by atoms with Gasteiger partial charge in [0.15, 0.2) is 0 Å². The van der Waals surface area contributed by atoms with Gasteiger partial charge in [-0.1, -0.05) is 31.2 Å². The van der Waals surface area contributed by atoms with Gasteiger partial charge >= 0.3 is 0 Å². The third-order valence-electron chi connectivity index (χ3n) is 2.82. The van der Waals surface area contributed by atoms with Gasteiger partial charge in [0.2, 0.25) is 0 Å². The fourth-order valence-corrected chi connectivity index (χ4v) is 1.81. The van der Waals surface area contributed by atoms with Crippen molar-refractivity contribution in [2.75, 3.05) is 6.54 Å². The largest absolute Gasteiger partial charge is 0.349 e. The molecule has 0 radical (unpaired) electrons. The number of halogens is 1. The van der Waals surface area contributed by atoms with Crippen LogP contribution in [0, 0.1) is 0 Å². The monoisotopic (exact) mass is 262 g/mol. The van der Waals surface area contributed by atoms with Crippen molar-refractivity contribution in [1.82, 2.24) is 10.3 Å². The molecule has 3 nitrogen and oxygen atoms in total. The van der Waals surface area contributed by atoms with E-state index >= 15 is 0 Å². The van der Waals surface area contributed by atoms with Gasteiger partial charge in [0.1, 0.15) is 5.69 Å². The van der Waals surface area contributed by atoms with E-state index in [1.165, 1.54) is 0 Å². The average Bonchev–Trinajstić information content (AvgIpc) is 2.43. The SMILES string of the molecule is CCC(Cl)CNC(=O)c1nccc2ccccc12. The van der Waals surface area contributed by atoms with Crippen molar-refractivity contribution in [3.05, 3.63) is 42.2 Å². The van der Waals surface area contributed by atoms with Gasteiger partial charge in [-0.15, -0.1) is 11.6 Å². The Balaban J connectivity index is 2.22. The number of nitrogens with zero attached hydrogens (tertiary/aromatic N) is 1. The Labute approximate surface area is 111 Å². The molecule has 1 aromatic heterocycles. The van der Waals surface area contributed by atoms with Crippen LogP contribution in [0.3, 0.4) is 0 Å². The quantitative estimate of drug-likeness (QED) is 0.861. The molecule has 0 saturated heterocycles. The Morgan fingerprint density at radius 1 is 1.39 bits per heavy atom. The van der Waals surface area contributed by atoms with E-state index in [1.54, 1.807) is 6.20 Å². The summed E-state index contributed by atoms with van der Waals surface area (Å²) in [6.45, 7) is 2.45. The van der Waals surface area contributed by atoms with Gasteiger partial charge in [-0.2, -0.15) is 0 Å². The van der Waals surface area contributed by atoms with E-state index in [4.69, 9.17) is 11.6 Å². The van der Waals surface area contributed by atoms with Crippen LogP contribution >= 0.6 is 11.6 Å². The predicted molar refractivity (Wildman–Crippen MR) is 74.0 cm³/mol. The minimum absolute atomic E-state index is 0.0380. The van der Waals surface area contributed by atoms with Crippen LogP contribution in [0.5, 0.6) is 0 Å². The molecule has 2 aromatic rings. The molecule has 0 fully saturated rings. The van der Waals surface area contributed by atoms with Crippen LogP contribution in [0.15, 0.2) is 36.5 Å². The first-order chi connectivity index (χ1) is 8.72. The second kappa shape index (κ2) is 5.83. The normalized spacial score (nSPS) is 12.3. The number of alkyl halides is 1. The van der Waals surface area contributed by atoms with Crippen molar-refractivity contribution in [2.24, 2.45) is 0 Å². The average molecular weight is 263 g/mol. The number of nitrogens with one attached hydrogen (secondary N) is 1. The lowest BCUT2D eigenvalue weighted by Crippen LogP contribution is -2.30. The summed E-state index contributed by atoms with van der Waals surface area (Å²) < 4.78 is 0. The maximum atomic E-state index is 12.0. The first-order valence-electron chi connectivity index (χ1n) is 5.98. The Morgan fingerprint density at radius 2 is 2.17 bits per heavy atom. The van der Waals surface area contributed by atoms with Gasteiger partial charge in [0, 0.05) is 18.1 Å². The summed E-state index contributed by atoms with van der Waals surface area (Å²) in [5, 5.41) is 4.64. The van der Waals surface area contributed by atoms with E-state index in [2.05, 4.69) is 10.3 Å². The van der Waals surface area contributed by atoms with Crippen molar-refractivity contribution in [3.8, 4) is 0 Å². The molecule has 0 aliphatic heterocycles. The van der Waals surface area contributed by atoms with E-state index in [0.717, 1.165) is 17.2 Å². The number of carbonyl (C=O) groups excluding carboxylic acids is 1. The standard InChI is InChI=1S/C14H15ClN2O/c1-2-11(15)9-17-14(18)13-12-6-4-3-5-10(12)7-8-16-13/h3-8,11H,2,9H2,1H3,(H,17,18). The number of carbonyl (C=O) groups is 1. The summed E-state index contributed by atoms with van der Waals surface area (Å²) in [4.78, 5) is 16.2. The van der Waals surface area contributed by atoms with Crippen LogP contribution in [0.1, 0.15) is 23.8 Å². The summed E-state index contributed by atoms with van der Waals surface area (Å²) in [6, 6.07) is 9.59. The Hall–Kier alpha value is -1.61. The zero-order valence-electron chi connectivity index (χ0n) is 10.2. The summed E-state index contributed by atoms with van der Waals surface area (Å²) in [7, 11) is 0. The Kier molecular flexibility index (Phi) is 4.15. The van der Waals surface area contributed by atoms with Crippen LogP contribution in [-0.4, -0.2) is 22.8 Å². The number of pyridine rings is 1. The third-order valence-corrected chi connectivity index (χ3v) is 3.28. The van der Waals surface area contributed by atoms with Crippen molar-refractivity contribution in [3.63, 3.8) is 0 Å². The van der Waals surface area contributed by atoms with Gasteiger partial charge in [-0.3, -0.25) is 9.78 Å². The zero-order valence-corrected chi connectivity index (χ0v) is 10.9. The first kappa shape index (κ1) is 12.8. The number of amides is 1. The molecule has 0 aliphatic rings. The minimum Gasteiger partial charge on any atom is -0.349 e. The fraction of sp³-hybridized carbons (Fsp3) is 0.286. The van der Waals surface area contributed by atoms with Gasteiger partial charge in [-0.05, 0) is 17.9 Å². The lowest BCUT2D eigenvalue weighted by molar-refractivity contribution is 0.0950. The highest BCUT2D eigenvalue weighted by Crippen LogP contribution is 2.16. The molecular weight excluding hydrogens is 248 g/mol. The number of aromatic nitrogens is 1. The Bertz CT molecular complexity index is 551. The van der Waals surface area contributed by atoms with E-state index in [0.29, 0.717) is 12.2 Å². The summed E-state index contributed by atoms with van der Waals surface area (Å²) in [5.74, 6) is -0.175. The summed E-state index contributed by atoms with van der Waals surface area (Å²) in [6.07, 6.45) is 2.47. The lowest BCUT2D eigenvalue weighted by atomic mass is 10.1. The van der Waals surface area contributed by atoms with E-state index < -0.39 is 0 Å². The van der Waals surface area contributed by atoms with Gasteiger partial charge < -0.3 is 5.32 Å². The minimum atomic E-state index is -0.175. The van der Waals surface area contributed by atoms with Crippen LogP contribution in [0.4, 0.5) is 0 Å².